The van der Waals surface area contributed by atoms with E-state index in [1.807, 2.05) is 0 Å². The summed E-state index contributed by atoms with van der Waals surface area (Å²) in [5, 5.41) is 9.02. The van der Waals surface area contributed by atoms with Crippen LogP contribution in [-0.2, 0) is 6.54 Å². The lowest BCUT2D eigenvalue weighted by atomic mass is 10.1. The van der Waals surface area contributed by atoms with E-state index >= 15 is 0 Å². The van der Waals surface area contributed by atoms with E-state index in [1.165, 1.54) is 7.11 Å². The minimum atomic E-state index is -0.306. The van der Waals surface area contributed by atoms with Crippen LogP contribution in [0.4, 0.5) is 4.39 Å². The van der Waals surface area contributed by atoms with E-state index in [0.29, 0.717) is 18.7 Å². The molecular weight excluding hydrogens is 233 g/mol. The maximum Gasteiger partial charge on any atom is 0.169 e. The predicted molar refractivity (Wildman–Crippen MR) is 70.2 cm³/mol. The third-order valence-corrected chi connectivity index (χ3v) is 2.90. The normalized spacial score (nSPS) is 10.9. The zero-order valence-corrected chi connectivity index (χ0v) is 11.2. The smallest absolute Gasteiger partial charge is 0.169 e. The number of ether oxygens (including phenoxy) is 1. The van der Waals surface area contributed by atoms with Crippen LogP contribution < -0.4 is 4.74 Å². The van der Waals surface area contributed by atoms with Crippen LogP contribution in [-0.4, -0.2) is 36.8 Å². The van der Waals surface area contributed by atoms with Gasteiger partial charge in [-0.1, -0.05) is 25.5 Å². The Bertz CT molecular complexity index is 358. The molecule has 18 heavy (non-hydrogen) atoms. The molecular formula is C14H22FNO2. The van der Waals surface area contributed by atoms with Crippen LogP contribution in [0.15, 0.2) is 18.2 Å². The lowest BCUT2D eigenvalue weighted by molar-refractivity contribution is 0.186. The number of rotatable bonds is 8. The van der Waals surface area contributed by atoms with Crippen molar-refractivity contribution < 1.29 is 14.2 Å². The molecule has 0 aliphatic rings. The Labute approximate surface area is 108 Å². The van der Waals surface area contributed by atoms with Crippen LogP contribution in [0, 0.1) is 5.82 Å². The van der Waals surface area contributed by atoms with Gasteiger partial charge in [-0.15, -0.1) is 0 Å². The third kappa shape index (κ3) is 4.27. The second kappa shape index (κ2) is 8.06. The molecule has 1 aromatic carbocycles. The van der Waals surface area contributed by atoms with Gasteiger partial charge in [-0.05, 0) is 19.0 Å². The zero-order valence-electron chi connectivity index (χ0n) is 11.2. The van der Waals surface area contributed by atoms with Gasteiger partial charge in [-0.3, -0.25) is 4.90 Å². The Morgan fingerprint density at radius 1 is 1.33 bits per heavy atom. The Kier molecular flexibility index (Phi) is 6.68. The molecule has 0 bridgehead atoms. The number of methoxy groups -OCH3 is 1. The molecule has 1 rings (SSSR count). The minimum Gasteiger partial charge on any atom is -0.494 e. The summed E-state index contributed by atoms with van der Waals surface area (Å²) in [4.78, 5) is 2.06. The van der Waals surface area contributed by atoms with E-state index in [4.69, 9.17) is 9.84 Å². The molecule has 0 aliphatic carbocycles. The molecule has 1 N–H and O–H groups in total. The summed E-state index contributed by atoms with van der Waals surface area (Å²) in [5.41, 5.74) is 0.610. The van der Waals surface area contributed by atoms with Crippen LogP contribution >= 0.6 is 0 Å². The molecule has 102 valence electrons. The topological polar surface area (TPSA) is 32.7 Å². The van der Waals surface area contributed by atoms with Gasteiger partial charge >= 0.3 is 0 Å². The second-order valence-corrected chi connectivity index (χ2v) is 4.29. The highest BCUT2D eigenvalue weighted by Gasteiger charge is 2.12. The van der Waals surface area contributed by atoms with Gasteiger partial charge in [0.15, 0.2) is 11.6 Å². The number of hydrogen-bond acceptors (Lipinski definition) is 3. The number of nitrogens with zero attached hydrogens (tertiary/aromatic N) is 1. The molecule has 0 aromatic heterocycles. The standard InChI is InChI=1S/C14H22FNO2/c1-3-4-8-16(9-10-17)11-12-6-5-7-13(18-2)14(12)15/h5-7,17H,3-4,8-11H2,1-2H3. The fourth-order valence-corrected chi connectivity index (χ4v) is 1.87. The molecule has 0 amide bonds. The minimum absolute atomic E-state index is 0.0926. The van der Waals surface area contributed by atoms with Gasteiger partial charge in [0.25, 0.3) is 0 Å². The molecule has 1 aromatic rings. The number of benzene rings is 1. The molecule has 0 unspecified atom stereocenters. The molecule has 0 spiro atoms. The van der Waals surface area contributed by atoms with Crippen molar-refractivity contribution in [1.82, 2.24) is 4.90 Å². The predicted octanol–water partition coefficient (Wildman–Crippen LogP) is 2.43. The van der Waals surface area contributed by atoms with Crippen molar-refractivity contribution in [2.45, 2.75) is 26.3 Å². The first-order valence-corrected chi connectivity index (χ1v) is 6.37. The van der Waals surface area contributed by atoms with Crippen LogP contribution in [0.25, 0.3) is 0 Å². The van der Waals surface area contributed by atoms with E-state index < -0.39 is 0 Å². The Hall–Kier alpha value is -1.13. The SMILES string of the molecule is CCCCN(CCO)Cc1cccc(OC)c1F. The van der Waals surface area contributed by atoms with Crippen molar-refractivity contribution in [1.29, 1.82) is 0 Å². The van der Waals surface area contributed by atoms with Crippen LogP contribution in [0.3, 0.4) is 0 Å². The third-order valence-electron chi connectivity index (χ3n) is 2.90. The summed E-state index contributed by atoms with van der Waals surface area (Å²) in [6.07, 6.45) is 2.13. The van der Waals surface area contributed by atoms with E-state index in [-0.39, 0.29) is 18.2 Å². The largest absolute Gasteiger partial charge is 0.494 e. The van der Waals surface area contributed by atoms with E-state index in [0.717, 1.165) is 19.4 Å². The molecule has 0 fully saturated rings. The highest BCUT2D eigenvalue weighted by Crippen LogP contribution is 2.21. The van der Waals surface area contributed by atoms with Crippen molar-refractivity contribution in [3.63, 3.8) is 0 Å². The van der Waals surface area contributed by atoms with Gasteiger partial charge in [-0.25, -0.2) is 4.39 Å². The van der Waals surface area contributed by atoms with Crippen molar-refractivity contribution >= 4 is 0 Å². The van der Waals surface area contributed by atoms with Crippen LogP contribution in [0.5, 0.6) is 5.75 Å². The van der Waals surface area contributed by atoms with Crippen molar-refractivity contribution in [3.05, 3.63) is 29.6 Å². The Morgan fingerprint density at radius 3 is 2.72 bits per heavy atom. The van der Waals surface area contributed by atoms with Gasteiger partial charge in [0, 0.05) is 18.7 Å². The summed E-state index contributed by atoms with van der Waals surface area (Å²) in [7, 11) is 1.46. The van der Waals surface area contributed by atoms with Gasteiger partial charge < -0.3 is 9.84 Å². The summed E-state index contributed by atoms with van der Waals surface area (Å²) in [5.74, 6) is -0.0358. The van der Waals surface area contributed by atoms with Crippen molar-refractivity contribution in [2.24, 2.45) is 0 Å². The van der Waals surface area contributed by atoms with Crippen LogP contribution in [0.1, 0.15) is 25.3 Å². The molecule has 4 heteroatoms. The maximum absolute atomic E-state index is 14.0. The molecule has 0 saturated carbocycles. The number of aliphatic hydroxyl groups is 1. The number of halogens is 1. The summed E-state index contributed by atoms with van der Waals surface area (Å²) in [6, 6.07) is 5.16. The van der Waals surface area contributed by atoms with Gasteiger partial charge in [-0.2, -0.15) is 0 Å². The van der Waals surface area contributed by atoms with E-state index in [2.05, 4.69) is 11.8 Å². The first-order chi connectivity index (χ1) is 8.72. The average molecular weight is 255 g/mol. The Morgan fingerprint density at radius 2 is 2.11 bits per heavy atom. The first kappa shape index (κ1) is 14.9. The van der Waals surface area contributed by atoms with Crippen molar-refractivity contribution in [3.8, 4) is 5.75 Å². The highest BCUT2D eigenvalue weighted by atomic mass is 19.1. The number of unbranched alkanes of at least 4 members (excludes halogenated alkanes) is 1. The number of aliphatic hydroxyl groups excluding tert-OH is 1. The maximum atomic E-state index is 14.0. The van der Waals surface area contributed by atoms with Crippen molar-refractivity contribution in [2.75, 3.05) is 26.8 Å². The van der Waals surface area contributed by atoms with Gasteiger partial charge in [0.05, 0.1) is 13.7 Å². The van der Waals surface area contributed by atoms with Gasteiger partial charge in [0.2, 0.25) is 0 Å². The second-order valence-electron chi connectivity index (χ2n) is 4.29. The molecule has 0 saturated heterocycles. The van der Waals surface area contributed by atoms with E-state index in [1.54, 1.807) is 18.2 Å². The number of hydrogen-bond donors (Lipinski definition) is 1. The van der Waals surface area contributed by atoms with Crippen LogP contribution in [0.2, 0.25) is 0 Å². The lowest BCUT2D eigenvalue weighted by Crippen LogP contribution is -2.28. The summed E-state index contributed by atoms with van der Waals surface area (Å²) < 4.78 is 18.9. The monoisotopic (exact) mass is 255 g/mol. The lowest BCUT2D eigenvalue weighted by Gasteiger charge is -2.21. The average Bonchev–Trinajstić information content (AvgIpc) is 2.38. The molecule has 0 aliphatic heterocycles. The molecule has 0 atom stereocenters. The summed E-state index contributed by atoms with van der Waals surface area (Å²) >= 11 is 0. The van der Waals surface area contributed by atoms with Gasteiger partial charge in [0.1, 0.15) is 0 Å². The fraction of sp³-hybridized carbons (Fsp3) is 0.571. The van der Waals surface area contributed by atoms with E-state index in [9.17, 15) is 4.39 Å². The summed E-state index contributed by atoms with van der Waals surface area (Å²) in [6.45, 7) is 4.15. The first-order valence-electron chi connectivity index (χ1n) is 6.37. The zero-order chi connectivity index (χ0) is 13.4. The molecule has 0 radical (unpaired) electrons. The Balaban J connectivity index is 2.73. The molecule has 0 heterocycles. The highest BCUT2D eigenvalue weighted by molar-refractivity contribution is 5.30. The molecule has 3 nitrogen and oxygen atoms in total. The quantitative estimate of drug-likeness (QED) is 0.774. The fourth-order valence-electron chi connectivity index (χ4n) is 1.87.